The summed E-state index contributed by atoms with van der Waals surface area (Å²) >= 11 is 0. The predicted molar refractivity (Wildman–Crippen MR) is 84.7 cm³/mol. The second kappa shape index (κ2) is 7.96. The van der Waals surface area contributed by atoms with Gasteiger partial charge in [0.15, 0.2) is 0 Å². The zero-order valence-electron chi connectivity index (χ0n) is 13.2. The molecule has 116 valence electrons. The maximum Gasteiger partial charge on any atom is 0.270 e. The van der Waals surface area contributed by atoms with Crippen LogP contribution >= 0.6 is 0 Å². The average molecular weight is 290 g/mol. The van der Waals surface area contributed by atoms with E-state index in [2.05, 4.69) is 27.1 Å². The molecule has 0 spiro atoms. The molecule has 21 heavy (non-hydrogen) atoms. The van der Waals surface area contributed by atoms with Crippen LogP contribution in [0, 0.1) is 6.92 Å². The SMILES string of the molecule is CCCCCNC(=O)c1cc(N2CCCCC2)nc(C)n1. The lowest BCUT2D eigenvalue weighted by Gasteiger charge is -2.28. The smallest absolute Gasteiger partial charge is 0.270 e. The molecular weight excluding hydrogens is 264 g/mol. The molecule has 0 unspecified atom stereocenters. The molecule has 1 aromatic heterocycles. The Bertz CT molecular complexity index is 469. The number of piperidine rings is 1. The minimum absolute atomic E-state index is 0.0881. The van der Waals surface area contributed by atoms with Crippen molar-refractivity contribution in [3.8, 4) is 0 Å². The van der Waals surface area contributed by atoms with E-state index < -0.39 is 0 Å². The van der Waals surface area contributed by atoms with Crippen LogP contribution in [0.2, 0.25) is 0 Å². The van der Waals surface area contributed by atoms with Gasteiger partial charge in [-0.2, -0.15) is 0 Å². The van der Waals surface area contributed by atoms with E-state index in [0.29, 0.717) is 11.5 Å². The van der Waals surface area contributed by atoms with E-state index >= 15 is 0 Å². The van der Waals surface area contributed by atoms with Gasteiger partial charge in [0.25, 0.3) is 5.91 Å². The number of carbonyl (C=O) groups excluding carboxylic acids is 1. The van der Waals surface area contributed by atoms with Gasteiger partial charge in [-0.1, -0.05) is 19.8 Å². The standard InChI is InChI=1S/C16H26N4O/c1-3-4-6-9-17-16(21)14-12-15(19-13(2)18-14)20-10-7-5-8-11-20/h12H,3-11H2,1-2H3,(H,17,21). The Morgan fingerprint density at radius 1 is 1.24 bits per heavy atom. The van der Waals surface area contributed by atoms with Crippen LogP contribution < -0.4 is 10.2 Å². The topological polar surface area (TPSA) is 58.1 Å². The number of aryl methyl sites for hydroxylation is 1. The summed E-state index contributed by atoms with van der Waals surface area (Å²) in [5.41, 5.74) is 0.486. The van der Waals surface area contributed by atoms with Gasteiger partial charge in [-0.15, -0.1) is 0 Å². The largest absolute Gasteiger partial charge is 0.356 e. The van der Waals surface area contributed by atoms with Crippen molar-refractivity contribution in [2.24, 2.45) is 0 Å². The minimum Gasteiger partial charge on any atom is -0.356 e. The molecule has 1 amide bonds. The summed E-state index contributed by atoms with van der Waals surface area (Å²) in [7, 11) is 0. The van der Waals surface area contributed by atoms with E-state index in [4.69, 9.17) is 0 Å². The van der Waals surface area contributed by atoms with Crippen molar-refractivity contribution in [3.05, 3.63) is 17.6 Å². The highest BCUT2D eigenvalue weighted by molar-refractivity contribution is 5.92. The molecule has 1 saturated heterocycles. The van der Waals surface area contributed by atoms with E-state index in [9.17, 15) is 4.79 Å². The Labute approximate surface area is 127 Å². The van der Waals surface area contributed by atoms with Gasteiger partial charge in [-0.3, -0.25) is 4.79 Å². The Kier molecular flexibility index (Phi) is 5.96. The summed E-state index contributed by atoms with van der Waals surface area (Å²) in [5, 5.41) is 2.94. The molecular formula is C16H26N4O. The van der Waals surface area contributed by atoms with Crippen LogP contribution in [-0.2, 0) is 0 Å². The molecule has 0 aromatic carbocycles. The van der Waals surface area contributed by atoms with Crippen LogP contribution in [0.15, 0.2) is 6.07 Å². The molecule has 5 nitrogen and oxygen atoms in total. The minimum atomic E-state index is -0.0881. The predicted octanol–water partition coefficient (Wildman–Crippen LogP) is 2.70. The van der Waals surface area contributed by atoms with Crippen LogP contribution in [0.25, 0.3) is 0 Å². The Hall–Kier alpha value is -1.65. The first kappa shape index (κ1) is 15.7. The lowest BCUT2D eigenvalue weighted by Crippen LogP contribution is -2.31. The van der Waals surface area contributed by atoms with Gasteiger partial charge < -0.3 is 10.2 Å². The normalized spacial score (nSPS) is 15.0. The Morgan fingerprint density at radius 2 is 2.00 bits per heavy atom. The number of nitrogens with zero attached hydrogens (tertiary/aromatic N) is 3. The molecule has 0 aliphatic carbocycles. The fourth-order valence-electron chi connectivity index (χ4n) is 2.62. The molecule has 5 heteroatoms. The molecule has 0 radical (unpaired) electrons. The van der Waals surface area contributed by atoms with Crippen molar-refractivity contribution in [2.45, 2.75) is 52.4 Å². The van der Waals surface area contributed by atoms with Gasteiger partial charge in [0, 0.05) is 25.7 Å². The maximum absolute atomic E-state index is 12.2. The monoisotopic (exact) mass is 290 g/mol. The number of rotatable bonds is 6. The van der Waals surface area contributed by atoms with Crippen LogP contribution in [0.1, 0.15) is 61.8 Å². The van der Waals surface area contributed by atoms with E-state index in [1.807, 2.05) is 13.0 Å². The fraction of sp³-hybridized carbons (Fsp3) is 0.688. The number of nitrogens with one attached hydrogen (secondary N) is 1. The highest BCUT2D eigenvalue weighted by Crippen LogP contribution is 2.18. The van der Waals surface area contributed by atoms with Crippen LogP contribution in [0.5, 0.6) is 0 Å². The second-order valence-electron chi connectivity index (χ2n) is 5.67. The maximum atomic E-state index is 12.2. The summed E-state index contributed by atoms with van der Waals surface area (Å²) in [5.74, 6) is 1.47. The van der Waals surface area contributed by atoms with Crippen LogP contribution in [0.4, 0.5) is 5.82 Å². The van der Waals surface area contributed by atoms with Gasteiger partial charge in [0.05, 0.1) is 0 Å². The molecule has 0 saturated carbocycles. The first-order valence-corrected chi connectivity index (χ1v) is 8.09. The number of unbranched alkanes of at least 4 members (excludes halogenated alkanes) is 2. The third-order valence-corrected chi connectivity index (χ3v) is 3.80. The van der Waals surface area contributed by atoms with Gasteiger partial charge in [-0.25, -0.2) is 9.97 Å². The van der Waals surface area contributed by atoms with Gasteiger partial charge >= 0.3 is 0 Å². The molecule has 0 atom stereocenters. The quantitative estimate of drug-likeness (QED) is 0.818. The first-order valence-electron chi connectivity index (χ1n) is 8.09. The summed E-state index contributed by atoms with van der Waals surface area (Å²) in [6, 6.07) is 1.83. The fourth-order valence-corrected chi connectivity index (χ4v) is 2.62. The van der Waals surface area contributed by atoms with E-state index in [0.717, 1.165) is 44.7 Å². The van der Waals surface area contributed by atoms with E-state index in [1.54, 1.807) is 0 Å². The van der Waals surface area contributed by atoms with E-state index in [1.165, 1.54) is 19.3 Å². The number of aromatic nitrogens is 2. The van der Waals surface area contributed by atoms with Crippen LogP contribution in [-0.4, -0.2) is 35.5 Å². The first-order chi connectivity index (χ1) is 10.2. The number of hydrogen-bond acceptors (Lipinski definition) is 4. The van der Waals surface area contributed by atoms with Gasteiger partial charge in [-0.05, 0) is 32.6 Å². The van der Waals surface area contributed by atoms with Gasteiger partial charge in [0.2, 0.25) is 0 Å². The van der Waals surface area contributed by atoms with Crippen molar-refractivity contribution in [1.29, 1.82) is 0 Å². The van der Waals surface area contributed by atoms with Crippen molar-refractivity contribution in [3.63, 3.8) is 0 Å². The summed E-state index contributed by atoms with van der Waals surface area (Å²) in [6.45, 7) is 6.76. The van der Waals surface area contributed by atoms with Crippen molar-refractivity contribution in [2.75, 3.05) is 24.5 Å². The summed E-state index contributed by atoms with van der Waals surface area (Å²) in [4.78, 5) is 23.2. The molecule has 2 heterocycles. The van der Waals surface area contributed by atoms with Crippen molar-refractivity contribution >= 4 is 11.7 Å². The molecule has 2 rings (SSSR count). The van der Waals surface area contributed by atoms with E-state index in [-0.39, 0.29) is 5.91 Å². The third-order valence-electron chi connectivity index (χ3n) is 3.80. The summed E-state index contributed by atoms with van der Waals surface area (Å²) < 4.78 is 0. The third kappa shape index (κ3) is 4.69. The zero-order valence-corrected chi connectivity index (χ0v) is 13.2. The molecule has 1 fully saturated rings. The Balaban J connectivity index is 2.01. The lowest BCUT2D eigenvalue weighted by molar-refractivity contribution is 0.0947. The molecule has 0 bridgehead atoms. The lowest BCUT2D eigenvalue weighted by atomic mass is 10.1. The Morgan fingerprint density at radius 3 is 2.71 bits per heavy atom. The molecule has 1 N–H and O–H groups in total. The van der Waals surface area contributed by atoms with Crippen LogP contribution in [0.3, 0.4) is 0 Å². The molecule has 1 aliphatic heterocycles. The molecule has 1 aliphatic rings. The second-order valence-corrected chi connectivity index (χ2v) is 5.67. The number of anilines is 1. The van der Waals surface area contributed by atoms with Crippen molar-refractivity contribution in [1.82, 2.24) is 15.3 Å². The summed E-state index contributed by atoms with van der Waals surface area (Å²) in [6.07, 6.45) is 6.99. The zero-order chi connectivity index (χ0) is 15.1. The number of amides is 1. The number of hydrogen-bond donors (Lipinski definition) is 1. The highest BCUT2D eigenvalue weighted by atomic mass is 16.1. The number of carbonyl (C=O) groups is 1. The van der Waals surface area contributed by atoms with Crippen molar-refractivity contribution < 1.29 is 4.79 Å². The molecule has 1 aromatic rings. The van der Waals surface area contributed by atoms with Gasteiger partial charge in [0.1, 0.15) is 17.3 Å². The highest BCUT2D eigenvalue weighted by Gasteiger charge is 2.16. The average Bonchev–Trinajstić information content (AvgIpc) is 2.51.